The molecule has 0 atom stereocenters. The van der Waals surface area contributed by atoms with Gasteiger partial charge in [0.05, 0.1) is 0 Å². The van der Waals surface area contributed by atoms with Crippen molar-refractivity contribution in [3.63, 3.8) is 0 Å². The van der Waals surface area contributed by atoms with Crippen molar-refractivity contribution in [2.24, 2.45) is 0 Å². The first-order valence-corrected chi connectivity index (χ1v) is 3.86. The first-order chi connectivity index (χ1) is 6.74. The molecule has 0 saturated heterocycles. The SMILES string of the molecule is C1CCCC1.N=C=O.N=C=O.N=C=O. The van der Waals surface area contributed by atoms with Crippen LogP contribution in [-0.2, 0) is 14.4 Å². The second-order valence-electron chi connectivity index (χ2n) is 2.07. The van der Waals surface area contributed by atoms with E-state index in [2.05, 4.69) is 0 Å². The molecule has 0 heterocycles. The van der Waals surface area contributed by atoms with Crippen LogP contribution in [0.1, 0.15) is 32.1 Å². The van der Waals surface area contributed by atoms with Crippen molar-refractivity contribution < 1.29 is 14.4 Å². The molecule has 0 bridgehead atoms. The van der Waals surface area contributed by atoms with Crippen molar-refractivity contribution in [2.45, 2.75) is 32.1 Å². The van der Waals surface area contributed by atoms with E-state index in [-0.39, 0.29) is 0 Å². The molecule has 0 spiro atoms. The number of hydrogen-bond donors (Lipinski definition) is 3. The number of rotatable bonds is 0. The molecule has 1 saturated carbocycles. The fraction of sp³-hybridized carbons (Fsp3) is 0.625. The third-order valence-electron chi connectivity index (χ3n) is 1.25. The van der Waals surface area contributed by atoms with Gasteiger partial charge in [-0.15, -0.1) is 0 Å². The van der Waals surface area contributed by atoms with Gasteiger partial charge in [-0.3, -0.25) is 0 Å². The highest BCUT2D eigenvalue weighted by molar-refractivity contribution is 5.26. The van der Waals surface area contributed by atoms with Crippen molar-refractivity contribution in [1.82, 2.24) is 0 Å². The maximum Gasteiger partial charge on any atom is 0.231 e. The summed E-state index contributed by atoms with van der Waals surface area (Å²) in [6, 6.07) is 0. The fourth-order valence-corrected chi connectivity index (χ4v) is 0.884. The second-order valence-corrected chi connectivity index (χ2v) is 2.07. The van der Waals surface area contributed by atoms with E-state index in [1.165, 1.54) is 32.1 Å². The molecular formula is C8H13N3O3. The molecule has 1 fully saturated rings. The summed E-state index contributed by atoms with van der Waals surface area (Å²) >= 11 is 0. The Kier molecular flexibility index (Phi) is 39.1. The number of isocyanates is 3. The van der Waals surface area contributed by atoms with Crippen LogP contribution in [0.3, 0.4) is 0 Å². The van der Waals surface area contributed by atoms with Crippen LogP contribution < -0.4 is 0 Å². The van der Waals surface area contributed by atoms with Crippen molar-refractivity contribution in [1.29, 1.82) is 16.2 Å². The molecule has 0 aromatic heterocycles. The Morgan fingerprint density at radius 3 is 0.714 bits per heavy atom. The summed E-state index contributed by atoms with van der Waals surface area (Å²) in [5.41, 5.74) is 0. The summed E-state index contributed by atoms with van der Waals surface area (Å²) in [5, 5.41) is 16.2. The van der Waals surface area contributed by atoms with Crippen molar-refractivity contribution in [2.75, 3.05) is 0 Å². The van der Waals surface area contributed by atoms with Crippen molar-refractivity contribution in [3.8, 4) is 0 Å². The van der Waals surface area contributed by atoms with Crippen LogP contribution in [0.25, 0.3) is 0 Å². The summed E-state index contributed by atoms with van der Waals surface area (Å²) in [7, 11) is 0. The Balaban J connectivity index is -0.000000121. The zero-order valence-electron chi connectivity index (χ0n) is 7.76. The third kappa shape index (κ3) is 85.9. The zero-order chi connectivity index (χ0) is 11.7. The normalized spacial score (nSPS) is 10.3. The van der Waals surface area contributed by atoms with E-state index in [4.69, 9.17) is 30.6 Å². The Labute approximate surface area is 81.8 Å². The largest absolute Gasteiger partial charge is 0.231 e. The van der Waals surface area contributed by atoms with E-state index in [0.717, 1.165) is 18.2 Å². The molecule has 1 aliphatic rings. The average Bonchev–Trinajstić information content (AvgIpc) is 2.63. The predicted molar refractivity (Wildman–Crippen MR) is 48.3 cm³/mol. The van der Waals surface area contributed by atoms with Gasteiger partial charge in [0.25, 0.3) is 0 Å². The quantitative estimate of drug-likeness (QED) is 0.406. The van der Waals surface area contributed by atoms with E-state index >= 15 is 0 Å². The van der Waals surface area contributed by atoms with Crippen LogP contribution in [0.4, 0.5) is 0 Å². The molecule has 0 amide bonds. The van der Waals surface area contributed by atoms with Gasteiger partial charge in [-0.2, -0.15) is 0 Å². The van der Waals surface area contributed by atoms with Crippen LogP contribution in [0.2, 0.25) is 0 Å². The third-order valence-corrected chi connectivity index (χ3v) is 1.25. The lowest BCUT2D eigenvalue weighted by atomic mass is 10.4. The number of carbonyl (C=O) groups excluding carboxylic acids is 3. The maximum atomic E-state index is 8.35. The van der Waals surface area contributed by atoms with Crippen molar-refractivity contribution >= 4 is 18.2 Å². The Hall–Kier alpha value is -1.86. The summed E-state index contributed by atoms with van der Waals surface area (Å²) in [4.78, 5) is 25.0. The lowest BCUT2D eigenvalue weighted by Crippen LogP contribution is -1.47. The molecule has 0 aromatic rings. The lowest BCUT2D eigenvalue weighted by Gasteiger charge is -1.67. The minimum atomic E-state index is 0.750. The van der Waals surface area contributed by atoms with Crippen LogP contribution in [0, 0.1) is 16.2 Å². The van der Waals surface area contributed by atoms with E-state index in [1.807, 2.05) is 0 Å². The summed E-state index contributed by atoms with van der Waals surface area (Å²) in [6.07, 6.45) is 9.75. The van der Waals surface area contributed by atoms with Crippen LogP contribution >= 0.6 is 0 Å². The average molecular weight is 199 g/mol. The Morgan fingerprint density at radius 1 is 0.571 bits per heavy atom. The van der Waals surface area contributed by atoms with Gasteiger partial charge in [0.2, 0.25) is 18.2 Å². The topological polar surface area (TPSA) is 123 Å². The Morgan fingerprint density at radius 2 is 0.643 bits per heavy atom. The zero-order valence-corrected chi connectivity index (χ0v) is 7.76. The van der Waals surface area contributed by atoms with Gasteiger partial charge in [0.15, 0.2) is 0 Å². The van der Waals surface area contributed by atoms with Crippen LogP contribution in [-0.4, -0.2) is 18.2 Å². The molecule has 0 radical (unpaired) electrons. The predicted octanol–water partition coefficient (Wildman–Crippen LogP) is 1.65. The summed E-state index contributed by atoms with van der Waals surface area (Å²) in [6.45, 7) is 0. The minimum absolute atomic E-state index is 0.750. The molecule has 0 aliphatic heterocycles. The fourth-order valence-electron chi connectivity index (χ4n) is 0.884. The highest BCUT2D eigenvalue weighted by Gasteiger charge is 1.95. The molecule has 14 heavy (non-hydrogen) atoms. The molecule has 1 rings (SSSR count). The van der Waals surface area contributed by atoms with Crippen LogP contribution in [0.5, 0.6) is 0 Å². The number of nitrogens with one attached hydrogen (secondary N) is 3. The van der Waals surface area contributed by atoms with E-state index in [1.54, 1.807) is 0 Å². The highest BCUT2D eigenvalue weighted by Crippen LogP contribution is 2.15. The maximum absolute atomic E-state index is 8.35. The van der Waals surface area contributed by atoms with Gasteiger partial charge in [-0.05, 0) is 0 Å². The first-order valence-electron chi connectivity index (χ1n) is 3.86. The van der Waals surface area contributed by atoms with E-state index in [0.29, 0.717) is 0 Å². The standard InChI is InChI=1S/C5H10.3CHNO/c1-2-4-5-3-1;3*2-1-3/h1-5H2;3*2H. The van der Waals surface area contributed by atoms with Gasteiger partial charge >= 0.3 is 0 Å². The molecule has 0 unspecified atom stereocenters. The lowest BCUT2D eigenvalue weighted by molar-refractivity contribution is 0.562. The monoisotopic (exact) mass is 199 g/mol. The summed E-state index contributed by atoms with van der Waals surface area (Å²) in [5.74, 6) is 0. The molecular weight excluding hydrogens is 186 g/mol. The Bertz CT molecular complexity index is 158. The second kappa shape index (κ2) is 30.4. The van der Waals surface area contributed by atoms with Gasteiger partial charge in [0, 0.05) is 0 Å². The molecule has 6 nitrogen and oxygen atoms in total. The van der Waals surface area contributed by atoms with Gasteiger partial charge in [0.1, 0.15) is 0 Å². The highest BCUT2D eigenvalue weighted by atomic mass is 16.1. The van der Waals surface area contributed by atoms with Crippen LogP contribution in [0.15, 0.2) is 0 Å². The van der Waals surface area contributed by atoms with Crippen molar-refractivity contribution in [3.05, 3.63) is 0 Å². The van der Waals surface area contributed by atoms with Gasteiger partial charge in [-0.1, -0.05) is 32.1 Å². The molecule has 3 N–H and O–H groups in total. The van der Waals surface area contributed by atoms with Gasteiger partial charge in [-0.25, -0.2) is 30.6 Å². The number of hydrogen-bond acceptors (Lipinski definition) is 6. The summed E-state index contributed by atoms with van der Waals surface area (Å²) < 4.78 is 0. The smallest absolute Gasteiger partial charge is 0.222 e. The molecule has 0 aromatic carbocycles. The molecule has 78 valence electrons. The van der Waals surface area contributed by atoms with E-state index < -0.39 is 0 Å². The molecule has 6 heteroatoms. The van der Waals surface area contributed by atoms with Gasteiger partial charge < -0.3 is 0 Å². The first kappa shape index (κ1) is 18.0. The molecule has 1 aliphatic carbocycles. The minimum Gasteiger partial charge on any atom is -0.222 e. The van der Waals surface area contributed by atoms with E-state index in [9.17, 15) is 0 Å².